The number of alkyl halides is 1. The molecule has 1 aromatic carbocycles. The van der Waals surface area contributed by atoms with E-state index in [-0.39, 0.29) is 0 Å². The van der Waals surface area contributed by atoms with Crippen molar-refractivity contribution in [2.45, 2.75) is 18.2 Å². The fraction of sp³-hybridized carbons (Fsp3) is 0.333. The van der Waals surface area contributed by atoms with Crippen LogP contribution < -0.4 is 0 Å². The first-order valence-electron chi connectivity index (χ1n) is 3.58. The first-order chi connectivity index (χ1) is 5.24. The SMILES string of the molecule is Cc1ccc(S)c(CCCl)c1. The lowest BCUT2D eigenvalue weighted by molar-refractivity contribution is 1.08. The van der Waals surface area contributed by atoms with Crippen LogP contribution in [-0.2, 0) is 6.42 Å². The van der Waals surface area contributed by atoms with Gasteiger partial charge in [0.2, 0.25) is 0 Å². The van der Waals surface area contributed by atoms with E-state index in [9.17, 15) is 0 Å². The Balaban J connectivity index is 2.93. The molecule has 1 rings (SSSR count). The van der Waals surface area contributed by atoms with E-state index in [1.807, 2.05) is 6.07 Å². The molecule has 0 aliphatic carbocycles. The van der Waals surface area contributed by atoms with Crippen LogP contribution >= 0.6 is 24.2 Å². The molecule has 0 saturated carbocycles. The van der Waals surface area contributed by atoms with Gasteiger partial charge in [-0.1, -0.05) is 17.7 Å². The molecule has 0 aliphatic heterocycles. The Hall–Kier alpha value is -0.140. The van der Waals surface area contributed by atoms with Crippen LogP contribution in [0.4, 0.5) is 0 Å². The maximum absolute atomic E-state index is 5.63. The number of halogens is 1. The van der Waals surface area contributed by atoms with E-state index in [4.69, 9.17) is 11.6 Å². The second-order valence-electron chi connectivity index (χ2n) is 2.57. The van der Waals surface area contributed by atoms with Gasteiger partial charge in [-0.3, -0.25) is 0 Å². The van der Waals surface area contributed by atoms with Crippen molar-refractivity contribution in [3.8, 4) is 0 Å². The Morgan fingerprint density at radius 3 is 2.82 bits per heavy atom. The molecule has 60 valence electrons. The summed E-state index contributed by atoms with van der Waals surface area (Å²) >= 11 is 9.95. The van der Waals surface area contributed by atoms with Gasteiger partial charge in [0.05, 0.1) is 0 Å². The van der Waals surface area contributed by atoms with E-state index >= 15 is 0 Å². The fourth-order valence-corrected chi connectivity index (χ4v) is 1.47. The Kier molecular flexibility index (Phi) is 3.28. The minimum atomic E-state index is 0.664. The van der Waals surface area contributed by atoms with Crippen LogP contribution in [0.15, 0.2) is 23.1 Å². The van der Waals surface area contributed by atoms with Crippen LogP contribution in [0.25, 0.3) is 0 Å². The number of rotatable bonds is 2. The molecule has 0 aliphatic rings. The molecule has 0 aromatic heterocycles. The lowest BCUT2D eigenvalue weighted by Crippen LogP contribution is -1.88. The number of hydrogen-bond donors (Lipinski definition) is 1. The normalized spacial score (nSPS) is 10.1. The summed E-state index contributed by atoms with van der Waals surface area (Å²) in [4.78, 5) is 1.04. The summed E-state index contributed by atoms with van der Waals surface area (Å²) in [6.45, 7) is 2.07. The molecule has 0 atom stereocenters. The molecule has 0 bridgehead atoms. The summed E-state index contributed by atoms with van der Waals surface area (Å²) in [5.74, 6) is 0.664. The van der Waals surface area contributed by atoms with Gasteiger partial charge in [-0.2, -0.15) is 0 Å². The average Bonchev–Trinajstić information content (AvgIpc) is 1.98. The Labute approximate surface area is 78.0 Å². The molecular formula is C9H11ClS. The van der Waals surface area contributed by atoms with Crippen molar-refractivity contribution in [1.29, 1.82) is 0 Å². The highest BCUT2D eigenvalue weighted by Gasteiger charge is 1.97. The molecule has 0 fully saturated rings. The van der Waals surface area contributed by atoms with Gasteiger partial charge in [0, 0.05) is 10.8 Å². The number of hydrogen-bond acceptors (Lipinski definition) is 1. The van der Waals surface area contributed by atoms with E-state index < -0.39 is 0 Å². The molecule has 0 N–H and O–H groups in total. The molecule has 1 aromatic rings. The predicted octanol–water partition coefficient (Wildman–Crippen LogP) is 3.07. The van der Waals surface area contributed by atoms with Gasteiger partial charge in [-0.25, -0.2) is 0 Å². The third kappa shape index (κ3) is 2.42. The van der Waals surface area contributed by atoms with Gasteiger partial charge >= 0.3 is 0 Å². The second kappa shape index (κ2) is 4.03. The third-order valence-electron chi connectivity index (χ3n) is 1.60. The van der Waals surface area contributed by atoms with E-state index in [0.717, 1.165) is 11.3 Å². The van der Waals surface area contributed by atoms with Crippen molar-refractivity contribution >= 4 is 24.2 Å². The van der Waals surface area contributed by atoms with Crippen LogP contribution in [0.1, 0.15) is 11.1 Å². The summed E-state index contributed by atoms with van der Waals surface area (Å²) < 4.78 is 0. The van der Waals surface area contributed by atoms with Crippen molar-refractivity contribution in [2.75, 3.05) is 5.88 Å². The van der Waals surface area contributed by atoms with E-state index in [1.54, 1.807) is 0 Å². The average molecular weight is 187 g/mol. The van der Waals surface area contributed by atoms with Crippen LogP contribution in [0.5, 0.6) is 0 Å². The molecule has 0 nitrogen and oxygen atoms in total. The van der Waals surface area contributed by atoms with Gasteiger partial charge in [0.25, 0.3) is 0 Å². The minimum absolute atomic E-state index is 0.664. The minimum Gasteiger partial charge on any atom is -0.143 e. The second-order valence-corrected chi connectivity index (χ2v) is 3.43. The zero-order valence-corrected chi connectivity index (χ0v) is 8.12. The number of benzene rings is 1. The standard InChI is InChI=1S/C9H11ClS/c1-7-2-3-9(11)8(6-7)4-5-10/h2-3,6,11H,4-5H2,1H3. The third-order valence-corrected chi connectivity index (χ3v) is 2.22. The lowest BCUT2D eigenvalue weighted by Gasteiger charge is -2.02. The summed E-state index contributed by atoms with van der Waals surface area (Å²) in [6.07, 6.45) is 0.905. The fourth-order valence-electron chi connectivity index (χ4n) is 1.02. The van der Waals surface area contributed by atoms with Crippen LogP contribution in [0.3, 0.4) is 0 Å². The molecule has 0 spiro atoms. The largest absolute Gasteiger partial charge is 0.143 e. The van der Waals surface area contributed by atoms with Gasteiger partial charge < -0.3 is 0 Å². The monoisotopic (exact) mass is 186 g/mol. The quantitative estimate of drug-likeness (QED) is 0.533. The first kappa shape index (κ1) is 8.95. The highest BCUT2D eigenvalue weighted by Crippen LogP contribution is 2.16. The van der Waals surface area contributed by atoms with Crippen molar-refractivity contribution in [1.82, 2.24) is 0 Å². The summed E-state index contributed by atoms with van der Waals surface area (Å²) in [6, 6.07) is 6.20. The summed E-state index contributed by atoms with van der Waals surface area (Å²) in [5, 5.41) is 0. The van der Waals surface area contributed by atoms with Crippen molar-refractivity contribution in [3.05, 3.63) is 29.3 Å². The van der Waals surface area contributed by atoms with E-state index in [2.05, 4.69) is 31.7 Å². The molecule has 0 heterocycles. The number of thiol groups is 1. The smallest absolute Gasteiger partial charge is 0.0264 e. The number of aryl methyl sites for hydroxylation is 2. The molecule has 0 unspecified atom stereocenters. The maximum Gasteiger partial charge on any atom is 0.0264 e. The Bertz CT molecular complexity index is 245. The van der Waals surface area contributed by atoms with Gasteiger partial charge in [0.1, 0.15) is 0 Å². The Morgan fingerprint density at radius 1 is 1.45 bits per heavy atom. The highest BCUT2D eigenvalue weighted by atomic mass is 35.5. The van der Waals surface area contributed by atoms with Gasteiger partial charge in [0.15, 0.2) is 0 Å². The van der Waals surface area contributed by atoms with Crippen LogP contribution in [-0.4, -0.2) is 5.88 Å². The zero-order valence-electron chi connectivity index (χ0n) is 6.47. The maximum atomic E-state index is 5.63. The molecule has 0 amide bonds. The van der Waals surface area contributed by atoms with E-state index in [1.165, 1.54) is 11.1 Å². The lowest BCUT2D eigenvalue weighted by atomic mass is 10.1. The Morgan fingerprint density at radius 2 is 2.18 bits per heavy atom. The predicted molar refractivity (Wildman–Crippen MR) is 52.9 cm³/mol. The molecule has 0 saturated heterocycles. The van der Waals surface area contributed by atoms with Gasteiger partial charge in [-0.15, -0.1) is 24.2 Å². The molecule has 0 radical (unpaired) electrons. The molecule has 11 heavy (non-hydrogen) atoms. The molecule has 2 heteroatoms. The molecular weight excluding hydrogens is 176 g/mol. The summed E-state index contributed by atoms with van der Waals surface area (Å²) in [7, 11) is 0. The van der Waals surface area contributed by atoms with E-state index in [0.29, 0.717) is 5.88 Å². The topological polar surface area (TPSA) is 0 Å². The highest BCUT2D eigenvalue weighted by molar-refractivity contribution is 7.80. The van der Waals surface area contributed by atoms with Crippen molar-refractivity contribution in [3.63, 3.8) is 0 Å². The summed E-state index contributed by atoms with van der Waals surface area (Å²) in [5.41, 5.74) is 2.51. The van der Waals surface area contributed by atoms with Crippen LogP contribution in [0, 0.1) is 6.92 Å². The van der Waals surface area contributed by atoms with Crippen molar-refractivity contribution < 1.29 is 0 Å². The zero-order chi connectivity index (χ0) is 8.27. The van der Waals surface area contributed by atoms with Crippen molar-refractivity contribution in [2.24, 2.45) is 0 Å². The first-order valence-corrected chi connectivity index (χ1v) is 4.56. The van der Waals surface area contributed by atoms with Gasteiger partial charge in [-0.05, 0) is 25.0 Å². The van der Waals surface area contributed by atoms with Crippen LogP contribution in [0.2, 0.25) is 0 Å².